The van der Waals surface area contributed by atoms with E-state index >= 15 is 0 Å². The molecule has 0 amide bonds. The number of fused-ring (bicyclic) bond motifs is 2. The number of aliphatic hydroxyl groups excluding tert-OH is 4. The smallest absolute Gasteiger partial charge is 0.338 e. The van der Waals surface area contributed by atoms with Gasteiger partial charge in [0.15, 0.2) is 6.10 Å². The first kappa shape index (κ1) is 19.9. The largest absolute Gasteiger partial charge is 0.460 e. The Morgan fingerprint density at radius 3 is 2.41 bits per heavy atom. The second-order valence-corrected chi connectivity index (χ2v) is 9.96. The number of carbonyl (C=O) groups excluding carboxylic acids is 1. The van der Waals surface area contributed by atoms with E-state index in [1.807, 2.05) is 0 Å². The number of ether oxygens (including phenoxy) is 2. The molecular weight excluding hydrogens is 384 g/mol. The second-order valence-electron chi connectivity index (χ2n) is 9.96. The van der Waals surface area contributed by atoms with Crippen LogP contribution in [0.25, 0.3) is 0 Å². The Labute approximate surface area is 167 Å². The Bertz CT molecular complexity index is 810. The zero-order valence-corrected chi connectivity index (χ0v) is 16.5. The lowest BCUT2D eigenvalue weighted by Gasteiger charge is -2.71. The summed E-state index contributed by atoms with van der Waals surface area (Å²) in [6.07, 6.45) is -6.30. The molecule has 29 heavy (non-hydrogen) atoms. The monoisotopic (exact) mass is 412 g/mol. The predicted octanol–water partition coefficient (Wildman–Crippen LogP) is -2.16. The first-order chi connectivity index (χ1) is 13.4. The number of allylic oxidation sites excluding steroid dienone is 1. The van der Waals surface area contributed by atoms with Gasteiger partial charge in [-0.05, 0) is 26.2 Å². The predicted molar refractivity (Wildman–Crippen MR) is 95.1 cm³/mol. The van der Waals surface area contributed by atoms with E-state index in [2.05, 4.69) is 0 Å². The topological polar surface area (TPSA) is 157 Å². The fourth-order valence-corrected chi connectivity index (χ4v) is 7.64. The van der Waals surface area contributed by atoms with Crippen LogP contribution in [0.3, 0.4) is 0 Å². The number of rotatable bonds is 0. The molecule has 2 unspecified atom stereocenters. The molecule has 2 saturated heterocycles. The van der Waals surface area contributed by atoms with Gasteiger partial charge in [0.25, 0.3) is 0 Å². The summed E-state index contributed by atoms with van der Waals surface area (Å²) in [6.45, 7) is 4.64. The number of carbonyl (C=O) groups is 1. The van der Waals surface area contributed by atoms with Crippen LogP contribution in [0.15, 0.2) is 11.6 Å². The van der Waals surface area contributed by atoms with Crippen molar-refractivity contribution in [2.24, 2.45) is 22.7 Å². The van der Waals surface area contributed by atoms with Crippen molar-refractivity contribution in [3.63, 3.8) is 0 Å². The van der Waals surface area contributed by atoms with Crippen LogP contribution in [0, 0.1) is 22.7 Å². The first-order valence-electron chi connectivity index (χ1n) is 10.0. The molecule has 6 N–H and O–H groups in total. The maximum Gasteiger partial charge on any atom is 0.338 e. The van der Waals surface area contributed by atoms with Crippen molar-refractivity contribution in [1.82, 2.24) is 0 Å². The number of aliphatic hydroxyl groups is 6. The highest BCUT2D eigenvalue weighted by Crippen LogP contribution is 2.73. The lowest BCUT2D eigenvalue weighted by molar-refractivity contribution is -0.362. The minimum Gasteiger partial charge on any atom is -0.460 e. The molecule has 2 heterocycles. The molecule has 5 rings (SSSR count). The molecule has 0 aromatic carbocycles. The molecule has 1 spiro atoms. The van der Waals surface area contributed by atoms with Crippen molar-refractivity contribution in [2.45, 2.75) is 75.0 Å². The fraction of sp³-hybridized carbons (Fsp3) is 0.850. The van der Waals surface area contributed by atoms with E-state index in [0.717, 1.165) is 5.57 Å². The zero-order chi connectivity index (χ0) is 21.3. The van der Waals surface area contributed by atoms with Gasteiger partial charge in [-0.1, -0.05) is 18.6 Å². The van der Waals surface area contributed by atoms with Crippen LogP contribution in [0.2, 0.25) is 0 Å². The molecule has 0 aromatic rings. The molecule has 5 aliphatic rings. The molecule has 3 aliphatic carbocycles. The summed E-state index contributed by atoms with van der Waals surface area (Å²) in [5.74, 6) is -2.53. The summed E-state index contributed by atoms with van der Waals surface area (Å²) in [5, 5.41) is 66.7. The molecule has 2 saturated carbocycles. The molecular formula is C20H28O9. The summed E-state index contributed by atoms with van der Waals surface area (Å²) < 4.78 is 11.3. The van der Waals surface area contributed by atoms with Crippen molar-refractivity contribution < 1.29 is 44.9 Å². The minimum absolute atomic E-state index is 0.132. The molecule has 9 nitrogen and oxygen atoms in total. The maximum absolute atomic E-state index is 12.4. The highest BCUT2D eigenvalue weighted by atomic mass is 16.6. The third-order valence-corrected chi connectivity index (χ3v) is 9.11. The van der Waals surface area contributed by atoms with E-state index in [9.17, 15) is 35.4 Å². The number of esters is 1. The molecule has 9 heteroatoms. The van der Waals surface area contributed by atoms with Crippen LogP contribution in [-0.4, -0.2) is 91.0 Å². The van der Waals surface area contributed by atoms with Gasteiger partial charge in [0.2, 0.25) is 0 Å². The van der Waals surface area contributed by atoms with Gasteiger partial charge in [-0.15, -0.1) is 0 Å². The van der Waals surface area contributed by atoms with E-state index in [-0.39, 0.29) is 18.9 Å². The summed E-state index contributed by atoms with van der Waals surface area (Å²) in [7, 11) is 0. The van der Waals surface area contributed by atoms with E-state index in [1.165, 1.54) is 6.92 Å². The Morgan fingerprint density at radius 2 is 1.76 bits per heavy atom. The Morgan fingerprint density at radius 1 is 1.10 bits per heavy atom. The second kappa shape index (κ2) is 5.40. The van der Waals surface area contributed by atoms with Gasteiger partial charge < -0.3 is 40.1 Å². The van der Waals surface area contributed by atoms with Crippen LogP contribution in [0.4, 0.5) is 0 Å². The Balaban J connectivity index is 1.82. The fourth-order valence-electron chi connectivity index (χ4n) is 7.64. The summed E-state index contributed by atoms with van der Waals surface area (Å²) in [6, 6.07) is 0. The number of hydrogen-bond donors (Lipinski definition) is 6. The highest BCUT2D eigenvalue weighted by Gasteiger charge is 2.86. The lowest BCUT2D eigenvalue weighted by Crippen LogP contribution is -2.86. The summed E-state index contributed by atoms with van der Waals surface area (Å²) in [4.78, 5) is 12.4. The van der Waals surface area contributed by atoms with Crippen LogP contribution in [0.5, 0.6) is 0 Å². The van der Waals surface area contributed by atoms with Crippen LogP contribution < -0.4 is 0 Å². The minimum atomic E-state index is -2.36. The molecule has 12 atom stereocenters. The zero-order valence-electron chi connectivity index (χ0n) is 16.5. The van der Waals surface area contributed by atoms with Gasteiger partial charge in [0.05, 0.1) is 24.9 Å². The molecule has 0 radical (unpaired) electrons. The van der Waals surface area contributed by atoms with Crippen LogP contribution in [-0.2, 0) is 14.3 Å². The van der Waals surface area contributed by atoms with Crippen molar-refractivity contribution in [2.75, 3.05) is 6.61 Å². The van der Waals surface area contributed by atoms with Gasteiger partial charge in [-0.2, -0.15) is 0 Å². The lowest BCUT2D eigenvalue weighted by atomic mass is 9.35. The van der Waals surface area contributed by atoms with Crippen molar-refractivity contribution in [3.8, 4) is 0 Å². The molecule has 2 bridgehead atoms. The molecule has 0 aromatic heterocycles. The van der Waals surface area contributed by atoms with Crippen molar-refractivity contribution in [3.05, 3.63) is 11.6 Å². The molecule has 162 valence electrons. The maximum atomic E-state index is 12.4. The Kier molecular flexibility index (Phi) is 3.70. The standard InChI is InChI=1S/C20H28O9/c1-7-4-9(21)12(22)17(2)8(7)5-10-11-19(17)6-28-15(13(19)23)18(3,26)20(11,27)14(24)16(25)29-10/h4,8-15,21-24,26-27H,5-6H2,1-3H3/t8-,9-,10+,11?,12+,13-,14-,15+,17+,18+,19-,20?/m0/s1. The quantitative estimate of drug-likeness (QED) is 0.193. The van der Waals surface area contributed by atoms with Crippen LogP contribution >= 0.6 is 0 Å². The summed E-state index contributed by atoms with van der Waals surface area (Å²) >= 11 is 0. The average Bonchev–Trinajstić information content (AvgIpc) is 2.94. The Hall–Kier alpha value is -1.07. The average molecular weight is 412 g/mol. The third kappa shape index (κ3) is 1.78. The van der Waals surface area contributed by atoms with Gasteiger partial charge in [0.1, 0.15) is 23.4 Å². The van der Waals surface area contributed by atoms with Crippen molar-refractivity contribution >= 4 is 5.97 Å². The van der Waals surface area contributed by atoms with Crippen molar-refractivity contribution in [1.29, 1.82) is 0 Å². The van der Waals surface area contributed by atoms with Gasteiger partial charge >= 0.3 is 5.97 Å². The molecule has 2 aliphatic heterocycles. The van der Waals surface area contributed by atoms with Crippen LogP contribution in [0.1, 0.15) is 27.2 Å². The number of hydrogen-bond acceptors (Lipinski definition) is 9. The van der Waals surface area contributed by atoms with E-state index < -0.39 is 70.5 Å². The molecule has 4 fully saturated rings. The van der Waals surface area contributed by atoms with E-state index in [1.54, 1.807) is 19.9 Å². The third-order valence-electron chi connectivity index (χ3n) is 9.11. The normalized spacial score (nSPS) is 63.3. The SMILES string of the molecule is CC1=C[C@H](O)[C@@H](O)[C@@]2(C)[C@H]1C[C@H]1OC(=O)[C@H](O)C3(O)C1[C@]21CO[C@H]([C@@H]1O)[C@@]3(C)O. The van der Waals surface area contributed by atoms with E-state index in [0.29, 0.717) is 0 Å². The van der Waals surface area contributed by atoms with Gasteiger partial charge in [-0.3, -0.25) is 0 Å². The first-order valence-corrected chi connectivity index (χ1v) is 10.0. The summed E-state index contributed by atoms with van der Waals surface area (Å²) in [5.41, 5.74) is -6.28. The highest BCUT2D eigenvalue weighted by molar-refractivity contribution is 5.78. The van der Waals surface area contributed by atoms with Gasteiger partial charge in [0, 0.05) is 16.7 Å². The van der Waals surface area contributed by atoms with Gasteiger partial charge in [-0.25, -0.2) is 4.79 Å². The van der Waals surface area contributed by atoms with E-state index in [4.69, 9.17) is 9.47 Å².